The summed E-state index contributed by atoms with van der Waals surface area (Å²) in [5.41, 5.74) is 2.26. The fourth-order valence-corrected chi connectivity index (χ4v) is 3.33. The molecule has 0 saturated carbocycles. The largest absolute Gasteiger partial charge is 0.408 e. The summed E-state index contributed by atoms with van der Waals surface area (Å²) in [7, 11) is 1.64. The van der Waals surface area contributed by atoms with Gasteiger partial charge in [-0.15, -0.1) is 10.2 Å². The van der Waals surface area contributed by atoms with Crippen LogP contribution in [0.5, 0.6) is 0 Å². The molecule has 0 unspecified atom stereocenters. The Kier molecular flexibility index (Phi) is 4.31. The highest BCUT2D eigenvalue weighted by atomic mass is 19.4. The van der Waals surface area contributed by atoms with Crippen molar-refractivity contribution < 1.29 is 13.2 Å². The molecule has 1 aliphatic rings. The fraction of sp³-hybridized carbons (Fsp3) is 0.471. The quantitative estimate of drug-likeness (QED) is 0.682. The smallest absolute Gasteiger partial charge is 0.327 e. The minimum atomic E-state index is -4.30. The monoisotopic (exact) mass is 392 g/mol. The predicted octanol–water partition coefficient (Wildman–Crippen LogP) is 2.57. The molecule has 3 aromatic heterocycles. The van der Waals surface area contributed by atoms with Crippen molar-refractivity contribution in [1.82, 2.24) is 34.3 Å². The average molecular weight is 392 g/mol. The van der Waals surface area contributed by atoms with Crippen LogP contribution >= 0.6 is 0 Å². The topological polar surface area (TPSA) is 77.0 Å². The molecule has 3 aromatic rings. The molecule has 4 heterocycles. The summed E-state index contributed by atoms with van der Waals surface area (Å²) in [4.78, 5) is 14.2. The van der Waals surface area contributed by atoms with Crippen molar-refractivity contribution in [3.05, 3.63) is 29.2 Å². The van der Waals surface area contributed by atoms with Crippen LogP contribution in [-0.2, 0) is 7.05 Å². The van der Waals surface area contributed by atoms with Gasteiger partial charge in [0.2, 0.25) is 5.95 Å². The zero-order chi connectivity index (χ0) is 20.1. The second kappa shape index (κ2) is 6.57. The van der Waals surface area contributed by atoms with Gasteiger partial charge in [-0.25, -0.2) is 14.2 Å². The minimum absolute atomic E-state index is 0.0603. The molecule has 0 amide bonds. The van der Waals surface area contributed by atoms with Gasteiger partial charge in [-0.3, -0.25) is 4.98 Å². The Bertz CT molecular complexity index is 1010. The molecule has 148 valence electrons. The molecule has 1 atom stereocenters. The second-order valence-corrected chi connectivity index (χ2v) is 6.81. The lowest BCUT2D eigenvalue weighted by Crippen LogP contribution is -2.41. The summed E-state index contributed by atoms with van der Waals surface area (Å²) in [5.74, 6) is 0.965. The first-order valence-electron chi connectivity index (χ1n) is 8.85. The fourth-order valence-electron chi connectivity index (χ4n) is 3.33. The Hall–Kier alpha value is -2.98. The Morgan fingerprint density at radius 3 is 2.64 bits per heavy atom. The second-order valence-electron chi connectivity index (χ2n) is 6.81. The Morgan fingerprint density at radius 1 is 1.14 bits per heavy atom. The number of anilines is 1. The van der Waals surface area contributed by atoms with E-state index in [9.17, 15) is 13.2 Å². The van der Waals surface area contributed by atoms with E-state index in [1.807, 2.05) is 13.8 Å². The van der Waals surface area contributed by atoms with Gasteiger partial charge in [-0.1, -0.05) is 0 Å². The first-order valence-corrected chi connectivity index (χ1v) is 8.85. The third kappa shape index (κ3) is 3.20. The van der Waals surface area contributed by atoms with Gasteiger partial charge in [0.1, 0.15) is 6.04 Å². The van der Waals surface area contributed by atoms with Crippen molar-refractivity contribution in [3.63, 3.8) is 0 Å². The Labute approximate surface area is 158 Å². The van der Waals surface area contributed by atoms with Crippen molar-refractivity contribution in [2.75, 3.05) is 11.4 Å². The first-order chi connectivity index (χ1) is 13.2. The maximum absolute atomic E-state index is 13.2. The summed E-state index contributed by atoms with van der Waals surface area (Å²) < 4.78 is 42.7. The van der Waals surface area contributed by atoms with Crippen molar-refractivity contribution in [1.29, 1.82) is 0 Å². The van der Waals surface area contributed by atoms with E-state index in [0.29, 0.717) is 23.7 Å². The van der Waals surface area contributed by atoms with Gasteiger partial charge in [0.25, 0.3) is 0 Å². The van der Waals surface area contributed by atoms with Crippen LogP contribution in [0.25, 0.3) is 17.8 Å². The SMILES string of the molecule is Cc1ncc(C)n2nc(C=Cc3nc(N4CCC[C@@H]4C(F)(F)F)nn3C)nc12. The van der Waals surface area contributed by atoms with E-state index in [4.69, 9.17) is 0 Å². The number of aromatic nitrogens is 7. The van der Waals surface area contributed by atoms with E-state index in [1.165, 1.54) is 9.58 Å². The Balaban J connectivity index is 1.61. The van der Waals surface area contributed by atoms with E-state index >= 15 is 0 Å². The van der Waals surface area contributed by atoms with E-state index < -0.39 is 12.2 Å². The number of hydrogen-bond donors (Lipinski definition) is 0. The van der Waals surface area contributed by atoms with Crippen LogP contribution in [0.15, 0.2) is 6.20 Å². The summed E-state index contributed by atoms with van der Waals surface area (Å²) in [6, 6.07) is -1.54. The molecule has 0 bridgehead atoms. The van der Waals surface area contributed by atoms with E-state index in [1.54, 1.807) is 29.9 Å². The molecule has 0 spiro atoms. The lowest BCUT2D eigenvalue weighted by molar-refractivity contribution is -0.146. The zero-order valence-corrected chi connectivity index (χ0v) is 15.6. The Morgan fingerprint density at radius 2 is 1.93 bits per heavy atom. The van der Waals surface area contributed by atoms with Gasteiger partial charge in [-0.2, -0.15) is 18.2 Å². The van der Waals surface area contributed by atoms with Crippen molar-refractivity contribution in [3.8, 4) is 0 Å². The minimum Gasteiger partial charge on any atom is -0.327 e. The van der Waals surface area contributed by atoms with Crippen LogP contribution in [-0.4, -0.2) is 53.1 Å². The van der Waals surface area contributed by atoms with Crippen LogP contribution in [0.1, 0.15) is 35.9 Å². The average Bonchev–Trinajstić information content (AvgIpc) is 3.33. The lowest BCUT2D eigenvalue weighted by Gasteiger charge is -2.25. The van der Waals surface area contributed by atoms with Crippen LogP contribution in [0.3, 0.4) is 0 Å². The molecule has 0 aliphatic carbocycles. The van der Waals surface area contributed by atoms with Gasteiger partial charge in [0.15, 0.2) is 17.3 Å². The highest BCUT2D eigenvalue weighted by Crippen LogP contribution is 2.34. The maximum Gasteiger partial charge on any atom is 0.408 e. The number of rotatable bonds is 3. The van der Waals surface area contributed by atoms with Crippen LogP contribution in [0.2, 0.25) is 0 Å². The van der Waals surface area contributed by atoms with Gasteiger partial charge in [0.05, 0.1) is 11.4 Å². The standard InChI is InChI=1S/C17H19F3N8/c1-10-9-21-11(2)15-22-13(24-28(10)15)6-7-14-23-16(25-26(14)3)27-8-4-5-12(27)17(18,19)20/h6-7,9,12H,4-5,8H2,1-3H3/t12-/m1/s1. The van der Waals surface area contributed by atoms with Gasteiger partial charge < -0.3 is 4.90 Å². The third-order valence-electron chi connectivity index (χ3n) is 4.78. The highest BCUT2D eigenvalue weighted by Gasteiger charge is 2.47. The molecule has 28 heavy (non-hydrogen) atoms. The maximum atomic E-state index is 13.2. The van der Waals surface area contributed by atoms with Crippen LogP contribution in [0, 0.1) is 13.8 Å². The summed E-state index contributed by atoms with van der Waals surface area (Å²) >= 11 is 0. The third-order valence-corrected chi connectivity index (χ3v) is 4.78. The van der Waals surface area contributed by atoms with Gasteiger partial charge >= 0.3 is 6.18 Å². The molecule has 1 saturated heterocycles. The normalized spacial score (nSPS) is 18.1. The molecule has 11 heteroatoms. The van der Waals surface area contributed by atoms with Crippen LogP contribution in [0.4, 0.5) is 19.1 Å². The van der Waals surface area contributed by atoms with Crippen LogP contribution < -0.4 is 4.90 Å². The number of fused-ring (bicyclic) bond motifs is 1. The number of alkyl halides is 3. The number of halogens is 3. The summed E-state index contributed by atoms with van der Waals surface area (Å²) in [6.07, 6.45) is 1.24. The van der Waals surface area contributed by atoms with E-state index in [-0.39, 0.29) is 18.9 Å². The molecule has 0 aromatic carbocycles. The van der Waals surface area contributed by atoms with Crippen molar-refractivity contribution in [2.45, 2.75) is 38.9 Å². The van der Waals surface area contributed by atoms with E-state index in [0.717, 1.165) is 11.4 Å². The molecule has 4 rings (SSSR count). The van der Waals surface area contributed by atoms with Gasteiger partial charge in [0, 0.05) is 19.8 Å². The van der Waals surface area contributed by atoms with Crippen molar-refractivity contribution >= 4 is 23.7 Å². The summed E-state index contributed by atoms with van der Waals surface area (Å²) in [5, 5.41) is 8.57. The van der Waals surface area contributed by atoms with E-state index in [2.05, 4.69) is 25.1 Å². The molecule has 1 fully saturated rings. The molecule has 0 radical (unpaired) electrons. The first kappa shape index (κ1) is 18.4. The summed E-state index contributed by atoms with van der Waals surface area (Å²) in [6.45, 7) is 4.01. The number of hydrogen-bond acceptors (Lipinski definition) is 6. The number of aryl methyl sites for hydroxylation is 3. The molecule has 8 nitrogen and oxygen atoms in total. The molecular formula is C17H19F3N8. The lowest BCUT2D eigenvalue weighted by atomic mass is 10.2. The molecule has 1 aliphatic heterocycles. The zero-order valence-electron chi connectivity index (χ0n) is 15.6. The van der Waals surface area contributed by atoms with Gasteiger partial charge in [-0.05, 0) is 38.8 Å². The highest BCUT2D eigenvalue weighted by molar-refractivity contribution is 5.65. The number of nitrogens with zero attached hydrogens (tertiary/aromatic N) is 8. The predicted molar refractivity (Wildman–Crippen MR) is 96.6 cm³/mol. The molecule has 0 N–H and O–H groups in total. The van der Waals surface area contributed by atoms with Crippen molar-refractivity contribution in [2.24, 2.45) is 7.05 Å². The molecular weight excluding hydrogens is 373 g/mol.